The van der Waals surface area contributed by atoms with Crippen molar-refractivity contribution in [2.75, 3.05) is 13.2 Å². The van der Waals surface area contributed by atoms with Crippen LogP contribution in [0.3, 0.4) is 0 Å². The van der Waals surface area contributed by atoms with Crippen LogP contribution in [0.2, 0.25) is 0 Å². The molecule has 0 atom stereocenters. The lowest BCUT2D eigenvalue weighted by molar-refractivity contribution is 0.317. The Morgan fingerprint density at radius 3 is 2.80 bits per heavy atom. The van der Waals surface area contributed by atoms with Gasteiger partial charge in [0.1, 0.15) is 17.9 Å². The van der Waals surface area contributed by atoms with Crippen molar-refractivity contribution in [2.45, 2.75) is 32.7 Å². The van der Waals surface area contributed by atoms with Crippen LogP contribution in [0.1, 0.15) is 31.2 Å². The van der Waals surface area contributed by atoms with Crippen LogP contribution in [0, 0.1) is 0 Å². The molecular weight excluding hydrogens is 252 g/mol. The maximum absolute atomic E-state index is 5.56. The SMILES string of the molecule is CCCOc1ccc(CNCCCc2ncn[nH]2)cc1. The molecule has 0 unspecified atom stereocenters. The highest BCUT2D eigenvalue weighted by atomic mass is 16.5. The summed E-state index contributed by atoms with van der Waals surface area (Å²) in [5.41, 5.74) is 1.27. The quantitative estimate of drug-likeness (QED) is 0.689. The predicted molar refractivity (Wildman–Crippen MR) is 78.6 cm³/mol. The fourth-order valence-corrected chi connectivity index (χ4v) is 1.89. The number of nitrogens with one attached hydrogen (secondary N) is 2. The lowest BCUT2D eigenvalue weighted by Crippen LogP contribution is -2.15. The van der Waals surface area contributed by atoms with Gasteiger partial charge in [0.15, 0.2) is 0 Å². The fraction of sp³-hybridized carbons (Fsp3) is 0.467. The molecule has 20 heavy (non-hydrogen) atoms. The summed E-state index contributed by atoms with van der Waals surface area (Å²) >= 11 is 0. The molecule has 0 saturated heterocycles. The Kier molecular flexibility index (Phi) is 6.05. The largest absolute Gasteiger partial charge is 0.494 e. The Labute approximate surface area is 119 Å². The third-order valence-corrected chi connectivity index (χ3v) is 2.96. The van der Waals surface area contributed by atoms with Crippen LogP contribution in [-0.2, 0) is 13.0 Å². The third kappa shape index (κ3) is 5.01. The first-order valence-corrected chi connectivity index (χ1v) is 7.15. The van der Waals surface area contributed by atoms with Gasteiger partial charge in [0.2, 0.25) is 0 Å². The van der Waals surface area contributed by atoms with Gasteiger partial charge in [-0.25, -0.2) is 4.98 Å². The van der Waals surface area contributed by atoms with Crippen molar-refractivity contribution in [1.82, 2.24) is 20.5 Å². The molecule has 0 spiro atoms. The normalized spacial score (nSPS) is 10.7. The lowest BCUT2D eigenvalue weighted by atomic mass is 10.2. The number of aromatic nitrogens is 3. The van der Waals surface area contributed by atoms with E-state index in [9.17, 15) is 0 Å². The van der Waals surface area contributed by atoms with Gasteiger partial charge in [0.25, 0.3) is 0 Å². The molecule has 0 aliphatic carbocycles. The second kappa shape index (κ2) is 8.32. The fourth-order valence-electron chi connectivity index (χ4n) is 1.89. The number of aryl methyl sites for hydroxylation is 1. The molecule has 0 aliphatic rings. The van der Waals surface area contributed by atoms with Gasteiger partial charge in [-0.05, 0) is 37.1 Å². The Balaban J connectivity index is 1.61. The summed E-state index contributed by atoms with van der Waals surface area (Å²) in [6.45, 7) is 4.73. The van der Waals surface area contributed by atoms with E-state index in [0.29, 0.717) is 0 Å². The Morgan fingerprint density at radius 2 is 2.10 bits per heavy atom. The van der Waals surface area contributed by atoms with Gasteiger partial charge in [-0.1, -0.05) is 19.1 Å². The number of hydrogen-bond acceptors (Lipinski definition) is 4. The molecule has 0 fully saturated rings. The monoisotopic (exact) mass is 274 g/mol. The summed E-state index contributed by atoms with van der Waals surface area (Å²) in [6, 6.07) is 8.27. The summed E-state index contributed by atoms with van der Waals surface area (Å²) < 4.78 is 5.56. The molecule has 0 saturated carbocycles. The summed E-state index contributed by atoms with van der Waals surface area (Å²) in [5, 5.41) is 10.1. The van der Waals surface area contributed by atoms with Crippen LogP contribution in [0.15, 0.2) is 30.6 Å². The molecule has 5 heteroatoms. The van der Waals surface area contributed by atoms with Crippen molar-refractivity contribution in [3.63, 3.8) is 0 Å². The van der Waals surface area contributed by atoms with E-state index in [2.05, 4.69) is 39.6 Å². The smallest absolute Gasteiger partial charge is 0.137 e. The number of rotatable bonds is 9. The molecule has 108 valence electrons. The minimum Gasteiger partial charge on any atom is -0.494 e. The standard InChI is InChI=1S/C15H22N4O/c1-2-10-20-14-7-5-13(6-8-14)11-16-9-3-4-15-17-12-18-19-15/h5-8,12,16H,2-4,9-11H2,1H3,(H,17,18,19). The first-order chi connectivity index (χ1) is 9.88. The molecular formula is C15H22N4O. The van der Waals surface area contributed by atoms with E-state index in [1.54, 1.807) is 6.33 Å². The second-order valence-electron chi connectivity index (χ2n) is 4.70. The van der Waals surface area contributed by atoms with E-state index in [4.69, 9.17) is 4.74 Å². The zero-order valence-corrected chi connectivity index (χ0v) is 11.9. The zero-order chi connectivity index (χ0) is 14.0. The molecule has 1 aromatic carbocycles. The van der Waals surface area contributed by atoms with Gasteiger partial charge in [0, 0.05) is 13.0 Å². The van der Waals surface area contributed by atoms with E-state index in [1.165, 1.54) is 5.56 Å². The van der Waals surface area contributed by atoms with Crippen molar-refractivity contribution >= 4 is 0 Å². The number of H-pyrrole nitrogens is 1. The van der Waals surface area contributed by atoms with Crippen LogP contribution in [0.25, 0.3) is 0 Å². The number of aromatic amines is 1. The van der Waals surface area contributed by atoms with Crippen LogP contribution in [-0.4, -0.2) is 28.3 Å². The molecule has 0 radical (unpaired) electrons. The van der Waals surface area contributed by atoms with E-state index in [1.807, 2.05) is 12.1 Å². The van der Waals surface area contributed by atoms with Crippen LogP contribution in [0.4, 0.5) is 0 Å². The van der Waals surface area contributed by atoms with Crippen molar-refractivity contribution < 1.29 is 4.74 Å². The van der Waals surface area contributed by atoms with Crippen LogP contribution in [0.5, 0.6) is 5.75 Å². The Bertz CT molecular complexity index is 467. The van der Waals surface area contributed by atoms with E-state index < -0.39 is 0 Å². The first kappa shape index (κ1) is 14.5. The second-order valence-corrected chi connectivity index (χ2v) is 4.70. The summed E-state index contributed by atoms with van der Waals surface area (Å²) in [4.78, 5) is 4.10. The summed E-state index contributed by atoms with van der Waals surface area (Å²) in [5.74, 6) is 1.89. The highest BCUT2D eigenvalue weighted by Crippen LogP contribution is 2.12. The molecule has 0 aliphatic heterocycles. The average Bonchev–Trinajstić information content (AvgIpc) is 2.99. The number of nitrogens with zero attached hydrogens (tertiary/aromatic N) is 2. The topological polar surface area (TPSA) is 62.8 Å². The van der Waals surface area contributed by atoms with Crippen molar-refractivity contribution in [2.24, 2.45) is 0 Å². The minimum absolute atomic E-state index is 0.777. The van der Waals surface area contributed by atoms with Crippen molar-refractivity contribution in [3.05, 3.63) is 42.0 Å². The van der Waals surface area contributed by atoms with Crippen molar-refractivity contribution in [1.29, 1.82) is 0 Å². The molecule has 2 rings (SSSR count). The molecule has 0 amide bonds. The highest BCUT2D eigenvalue weighted by Gasteiger charge is 1.97. The average molecular weight is 274 g/mol. The lowest BCUT2D eigenvalue weighted by Gasteiger charge is -2.07. The maximum Gasteiger partial charge on any atom is 0.137 e. The minimum atomic E-state index is 0.777. The van der Waals surface area contributed by atoms with Gasteiger partial charge in [-0.2, -0.15) is 5.10 Å². The predicted octanol–water partition coefficient (Wildman–Crippen LogP) is 2.32. The molecule has 1 aromatic heterocycles. The van der Waals surface area contributed by atoms with E-state index in [0.717, 1.165) is 50.5 Å². The molecule has 5 nitrogen and oxygen atoms in total. The zero-order valence-electron chi connectivity index (χ0n) is 11.9. The van der Waals surface area contributed by atoms with Crippen LogP contribution < -0.4 is 10.1 Å². The summed E-state index contributed by atoms with van der Waals surface area (Å²) in [7, 11) is 0. The van der Waals surface area contributed by atoms with Gasteiger partial charge in [-0.3, -0.25) is 5.10 Å². The number of ether oxygens (including phenoxy) is 1. The molecule has 0 bridgehead atoms. The third-order valence-electron chi connectivity index (χ3n) is 2.96. The summed E-state index contributed by atoms with van der Waals surface area (Å²) in [6.07, 6.45) is 4.56. The van der Waals surface area contributed by atoms with Gasteiger partial charge < -0.3 is 10.1 Å². The molecule has 2 aromatic rings. The molecule has 2 N–H and O–H groups in total. The van der Waals surface area contributed by atoms with Gasteiger partial charge in [-0.15, -0.1) is 0 Å². The number of hydrogen-bond donors (Lipinski definition) is 2. The molecule has 1 heterocycles. The maximum atomic E-state index is 5.56. The van der Waals surface area contributed by atoms with Gasteiger partial charge >= 0.3 is 0 Å². The van der Waals surface area contributed by atoms with Crippen molar-refractivity contribution in [3.8, 4) is 5.75 Å². The first-order valence-electron chi connectivity index (χ1n) is 7.15. The van der Waals surface area contributed by atoms with Gasteiger partial charge in [0.05, 0.1) is 6.61 Å². The number of benzene rings is 1. The highest BCUT2D eigenvalue weighted by molar-refractivity contribution is 5.27. The van der Waals surface area contributed by atoms with E-state index >= 15 is 0 Å². The Hall–Kier alpha value is -1.88. The van der Waals surface area contributed by atoms with E-state index in [-0.39, 0.29) is 0 Å². The van der Waals surface area contributed by atoms with Crippen LogP contribution >= 0.6 is 0 Å². The Morgan fingerprint density at radius 1 is 1.25 bits per heavy atom.